The molecule has 2 unspecified atom stereocenters. The number of nitrogen functional groups attached to an aromatic ring is 1. The average Bonchev–Trinajstić information content (AvgIpc) is 2.39. The highest BCUT2D eigenvalue weighted by molar-refractivity contribution is 5.67. The Morgan fingerprint density at radius 2 is 2.05 bits per heavy atom. The molecular formula is C15H23FN2O4. The van der Waals surface area contributed by atoms with Crippen molar-refractivity contribution >= 4 is 11.8 Å². The van der Waals surface area contributed by atoms with Crippen LogP contribution in [-0.4, -0.2) is 34.6 Å². The summed E-state index contributed by atoms with van der Waals surface area (Å²) in [5.74, 6) is -0.755. The van der Waals surface area contributed by atoms with E-state index < -0.39 is 29.7 Å². The first-order chi connectivity index (χ1) is 10.1. The summed E-state index contributed by atoms with van der Waals surface area (Å²) in [4.78, 5) is 11.4. The highest BCUT2D eigenvalue weighted by Crippen LogP contribution is 2.24. The van der Waals surface area contributed by atoms with Gasteiger partial charge in [0.25, 0.3) is 0 Å². The van der Waals surface area contributed by atoms with Crippen LogP contribution < -0.4 is 11.1 Å². The Morgan fingerprint density at radius 1 is 1.41 bits per heavy atom. The van der Waals surface area contributed by atoms with Crippen LogP contribution in [0.2, 0.25) is 0 Å². The normalized spacial score (nSPS) is 14.3. The Labute approximate surface area is 129 Å². The molecule has 0 aromatic heterocycles. The molecule has 0 spiro atoms. The van der Waals surface area contributed by atoms with E-state index in [0.717, 1.165) is 0 Å². The van der Waals surface area contributed by atoms with Gasteiger partial charge in [-0.2, -0.15) is 0 Å². The first-order valence-corrected chi connectivity index (χ1v) is 6.98. The summed E-state index contributed by atoms with van der Waals surface area (Å²) in [6, 6.07) is 4.20. The number of carbonyl (C=O) groups is 1. The maximum absolute atomic E-state index is 13.8. The minimum absolute atomic E-state index is 0.0364. The van der Waals surface area contributed by atoms with Crippen LogP contribution in [-0.2, 0) is 4.74 Å². The number of nitrogens with one attached hydrogen (secondary N) is 1. The van der Waals surface area contributed by atoms with E-state index in [9.17, 15) is 19.4 Å². The fourth-order valence-electron chi connectivity index (χ4n) is 1.80. The molecule has 0 bridgehead atoms. The predicted molar refractivity (Wildman–Crippen MR) is 80.6 cm³/mol. The fraction of sp³-hybridized carbons (Fsp3) is 0.533. The number of rotatable bonds is 5. The van der Waals surface area contributed by atoms with Gasteiger partial charge in [0.1, 0.15) is 11.7 Å². The zero-order valence-electron chi connectivity index (χ0n) is 13.0. The van der Waals surface area contributed by atoms with E-state index in [1.54, 1.807) is 20.8 Å². The van der Waals surface area contributed by atoms with Gasteiger partial charge in [-0.3, -0.25) is 0 Å². The molecule has 1 rings (SSSR count). The van der Waals surface area contributed by atoms with Crippen molar-refractivity contribution in [2.45, 2.75) is 45.0 Å². The van der Waals surface area contributed by atoms with Crippen LogP contribution in [0.4, 0.5) is 14.9 Å². The van der Waals surface area contributed by atoms with Crippen molar-refractivity contribution in [2.24, 2.45) is 0 Å². The predicted octanol–water partition coefficient (Wildman–Crippen LogP) is 1.72. The first kappa shape index (κ1) is 18.2. The van der Waals surface area contributed by atoms with Gasteiger partial charge >= 0.3 is 6.09 Å². The molecule has 0 fully saturated rings. The van der Waals surface area contributed by atoms with Gasteiger partial charge in [0.2, 0.25) is 0 Å². The molecule has 0 saturated heterocycles. The Balaban J connectivity index is 2.50. The number of benzene rings is 1. The largest absolute Gasteiger partial charge is 0.444 e. The summed E-state index contributed by atoms with van der Waals surface area (Å²) in [5.41, 5.74) is 4.62. The third-order valence-electron chi connectivity index (χ3n) is 2.85. The number of ether oxygens (including phenoxy) is 1. The Morgan fingerprint density at radius 3 is 2.64 bits per heavy atom. The number of carbonyl (C=O) groups excluding carboxylic acids is 1. The smallest absolute Gasteiger partial charge is 0.407 e. The molecule has 2 atom stereocenters. The maximum atomic E-state index is 13.8. The molecule has 1 aromatic rings. The number of anilines is 1. The van der Waals surface area contributed by atoms with Crippen molar-refractivity contribution in [1.82, 2.24) is 5.32 Å². The monoisotopic (exact) mass is 314 g/mol. The Hall–Kier alpha value is -1.86. The minimum atomic E-state index is -1.43. The van der Waals surface area contributed by atoms with Gasteiger partial charge in [-0.1, -0.05) is 12.1 Å². The van der Waals surface area contributed by atoms with Gasteiger partial charge in [-0.05, 0) is 33.3 Å². The van der Waals surface area contributed by atoms with Crippen LogP contribution in [0.15, 0.2) is 18.2 Å². The average molecular weight is 314 g/mol. The van der Waals surface area contributed by atoms with Crippen molar-refractivity contribution in [1.29, 1.82) is 0 Å². The highest BCUT2D eigenvalue weighted by Gasteiger charge is 2.23. The van der Waals surface area contributed by atoms with Crippen molar-refractivity contribution in [2.75, 3.05) is 12.3 Å². The van der Waals surface area contributed by atoms with Crippen molar-refractivity contribution in [3.05, 3.63) is 29.6 Å². The molecule has 5 N–H and O–H groups in total. The van der Waals surface area contributed by atoms with E-state index in [1.165, 1.54) is 18.2 Å². The van der Waals surface area contributed by atoms with E-state index in [0.29, 0.717) is 0 Å². The van der Waals surface area contributed by atoms with Crippen LogP contribution in [0.5, 0.6) is 0 Å². The molecule has 124 valence electrons. The van der Waals surface area contributed by atoms with Gasteiger partial charge in [0.05, 0.1) is 11.8 Å². The van der Waals surface area contributed by atoms with E-state index >= 15 is 0 Å². The fourth-order valence-corrected chi connectivity index (χ4v) is 1.80. The van der Waals surface area contributed by atoms with E-state index in [1.807, 2.05) is 0 Å². The summed E-state index contributed by atoms with van der Waals surface area (Å²) in [6.45, 7) is 5.27. The van der Waals surface area contributed by atoms with E-state index in [4.69, 9.17) is 10.5 Å². The molecule has 22 heavy (non-hydrogen) atoms. The second kappa shape index (κ2) is 7.42. The third kappa shape index (κ3) is 5.50. The summed E-state index contributed by atoms with van der Waals surface area (Å²) >= 11 is 0. The molecule has 7 heteroatoms. The lowest BCUT2D eigenvalue weighted by atomic mass is 10.0. The van der Waals surface area contributed by atoms with Gasteiger partial charge in [0, 0.05) is 12.1 Å². The summed E-state index contributed by atoms with van der Waals surface area (Å²) < 4.78 is 18.8. The van der Waals surface area contributed by atoms with E-state index in [2.05, 4.69) is 5.32 Å². The number of amides is 1. The number of aliphatic hydroxyl groups excluding tert-OH is 2. The Kier molecular flexibility index (Phi) is 6.13. The molecule has 1 amide bonds. The second-order valence-corrected chi connectivity index (χ2v) is 5.98. The number of alkyl carbamates (subject to hydrolysis) is 1. The Bertz CT molecular complexity index is 517. The number of hydrogen-bond donors (Lipinski definition) is 4. The standard InChI is InChI=1S/C15H23FN2O4/c1-15(2,3)22-14(21)18-8-7-11(19)13(20)9-5-4-6-10(17)12(9)16/h4-6,11,13,19-20H,7-8,17H2,1-3H3,(H,18,21). The topological polar surface area (TPSA) is 105 Å². The number of hydrogen-bond acceptors (Lipinski definition) is 5. The molecular weight excluding hydrogens is 291 g/mol. The highest BCUT2D eigenvalue weighted by atomic mass is 19.1. The third-order valence-corrected chi connectivity index (χ3v) is 2.85. The van der Waals surface area contributed by atoms with Gasteiger partial charge in [0.15, 0.2) is 5.82 Å². The van der Waals surface area contributed by atoms with Gasteiger partial charge in [-0.25, -0.2) is 9.18 Å². The van der Waals surface area contributed by atoms with Crippen LogP contribution in [0.25, 0.3) is 0 Å². The molecule has 0 radical (unpaired) electrons. The molecule has 0 saturated carbocycles. The quantitative estimate of drug-likeness (QED) is 0.619. The lowest BCUT2D eigenvalue weighted by Crippen LogP contribution is -2.34. The number of aliphatic hydroxyl groups is 2. The van der Waals surface area contributed by atoms with Crippen LogP contribution in [0.3, 0.4) is 0 Å². The molecule has 0 aliphatic rings. The maximum Gasteiger partial charge on any atom is 0.407 e. The lowest BCUT2D eigenvalue weighted by molar-refractivity contribution is 0.0104. The zero-order valence-corrected chi connectivity index (χ0v) is 13.0. The summed E-state index contributed by atoms with van der Waals surface area (Å²) in [6.07, 6.45) is -3.26. The lowest BCUT2D eigenvalue weighted by Gasteiger charge is -2.21. The van der Waals surface area contributed by atoms with Crippen molar-refractivity contribution in [3.8, 4) is 0 Å². The van der Waals surface area contributed by atoms with Crippen molar-refractivity contribution < 1.29 is 24.1 Å². The molecule has 6 nitrogen and oxygen atoms in total. The van der Waals surface area contributed by atoms with E-state index in [-0.39, 0.29) is 24.2 Å². The van der Waals surface area contributed by atoms with Gasteiger partial charge < -0.3 is 26.0 Å². The summed E-state index contributed by atoms with van der Waals surface area (Å²) in [7, 11) is 0. The number of nitrogens with two attached hydrogens (primary N) is 1. The van der Waals surface area contributed by atoms with Crippen LogP contribution >= 0.6 is 0 Å². The number of halogens is 1. The second-order valence-electron chi connectivity index (χ2n) is 5.98. The molecule has 0 heterocycles. The summed E-state index contributed by atoms with van der Waals surface area (Å²) in [5, 5.41) is 22.3. The van der Waals surface area contributed by atoms with Crippen LogP contribution in [0, 0.1) is 5.82 Å². The zero-order chi connectivity index (χ0) is 16.9. The SMILES string of the molecule is CC(C)(C)OC(=O)NCCC(O)C(O)c1cccc(N)c1F. The van der Waals surface area contributed by atoms with Crippen LogP contribution in [0.1, 0.15) is 38.9 Å². The molecule has 0 aliphatic carbocycles. The first-order valence-electron chi connectivity index (χ1n) is 6.98. The minimum Gasteiger partial charge on any atom is -0.444 e. The molecule has 0 aliphatic heterocycles. The van der Waals surface area contributed by atoms with Crippen molar-refractivity contribution in [3.63, 3.8) is 0 Å². The molecule has 1 aromatic carbocycles. The van der Waals surface area contributed by atoms with Gasteiger partial charge in [-0.15, -0.1) is 0 Å².